The maximum Gasteiger partial charge on any atom is 0.118 e. The molecule has 0 fully saturated rings. The van der Waals surface area contributed by atoms with Crippen LogP contribution in [0.2, 0.25) is 0 Å². The largest absolute Gasteiger partial charge is 0.465 e. The van der Waals surface area contributed by atoms with Gasteiger partial charge >= 0.3 is 0 Å². The molecular formula is C13H23NO2. The Bertz CT molecular complexity index is 328. The maximum absolute atomic E-state index is 10.2. The monoisotopic (exact) mass is 225 g/mol. The van der Waals surface area contributed by atoms with Crippen LogP contribution in [0.4, 0.5) is 0 Å². The summed E-state index contributed by atoms with van der Waals surface area (Å²) in [5.41, 5.74) is -0.656. The number of aliphatic hydroxyl groups is 1. The zero-order valence-corrected chi connectivity index (χ0v) is 10.9. The van der Waals surface area contributed by atoms with Crippen molar-refractivity contribution < 1.29 is 9.52 Å². The van der Waals surface area contributed by atoms with Crippen molar-refractivity contribution in [1.29, 1.82) is 0 Å². The van der Waals surface area contributed by atoms with Gasteiger partial charge < -0.3 is 9.52 Å². The van der Waals surface area contributed by atoms with Crippen LogP contribution in [-0.2, 0) is 6.54 Å². The average molecular weight is 225 g/mol. The van der Waals surface area contributed by atoms with Crippen LogP contribution in [0.3, 0.4) is 0 Å². The second-order valence-electron chi connectivity index (χ2n) is 5.20. The molecule has 0 amide bonds. The summed E-state index contributed by atoms with van der Waals surface area (Å²) < 4.78 is 5.51. The summed E-state index contributed by atoms with van der Waals surface area (Å²) in [5, 5.41) is 10.2. The van der Waals surface area contributed by atoms with Crippen molar-refractivity contribution in [2.24, 2.45) is 5.92 Å². The van der Waals surface area contributed by atoms with Crippen molar-refractivity contribution in [3.63, 3.8) is 0 Å². The molecule has 0 aliphatic heterocycles. The van der Waals surface area contributed by atoms with Crippen LogP contribution in [0.5, 0.6) is 0 Å². The lowest BCUT2D eigenvalue weighted by Gasteiger charge is -2.32. The Balaban J connectivity index is 2.50. The molecule has 16 heavy (non-hydrogen) atoms. The van der Waals surface area contributed by atoms with Crippen molar-refractivity contribution in [3.8, 4) is 0 Å². The molecule has 1 aromatic heterocycles. The third kappa shape index (κ3) is 3.65. The third-order valence-corrected chi connectivity index (χ3v) is 3.06. The second-order valence-corrected chi connectivity index (χ2v) is 5.20. The van der Waals surface area contributed by atoms with Crippen molar-refractivity contribution in [2.45, 2.75) is 39.8 Å². The van der Waals surface area contributed by atoms with Gasteiger partial charge in [0.25, 0.3) is 0 Å². The van der Waals surface area contributed by atoms with E-state index in [-0.39, 0.29) is 5.92 Å². The Morgan fingerprint density at radius 3 is 2.50 bits per heavy atom. The molecule has 0 spiro atoms. The summed E-state index contributed by atoms with van der Waals surface area (Å²) in [5.74, 6) is 2.12. The van der Waals surface area contributed by atoms with E-state index >= 15 is 0 Å². The van der Waals surface area contributed by atoms with Crippen molar-refractivity contribution >= 4 is 0 Å². The Morgan fingerprint density at radius 1 is 1.44 bits per heavy atom. The highest BCUT2D eigenvalue weighted by Crippen LogP contribution is 2.18. The van der Waals surface area contributed by atoms with Crippen LogP contribution in [0, 0.1) is 12.8 Å². The molecule has 0 aliphatic rings. The highest BCUT2D eigenvalue weighted by molar-refractivity contribution is 5.05. The molecule has 92 valence electrons. The van der Waals surface area contributed by atoms with Gasteiger partial charge in [-0.25, -0.2) is 0 Å². The van der Waals surface area contributed by atoms with Crippen LogP contribution in [0.15, 0.2) is 16.5 Å². The van der Waals surface area contributed by atoms with Gasteiger partial charge in [0, 0.05) is 6.54 Å². The van der Waals surface area contributed by atoms with Gasteiger partial charge in [0.1, 0.15) is 11.5 Å². The van der Waals surface area contributed by atoms with E-state index in [4.69, 9.17) is 4.42 Å². The summed E-state index contributed by atoms with van der Waals surface area (Å²) >= 11 is 0. The normalized spacial score (nSPS) is 15.8. The Morgan fingerprint density at radius 2 is 2.06 bits per heavy atom. The average Bonchev–Trinajstić information content (AvgIpc) is 2.49. The Hall–Kier alpha value is -0.800. The number of rotatable bonds is 5. The van der Waals surface area contributed by atoms with Gasteiger partial charge in [0.2, 0.25) is 0 Å². The molecular weight excluding hydrogens is 202 g/mol. The number of nitrogens with zero attached hydrogens (tertiary/aromatic N) is 1. The zero-order chi connectivity index (χ0) is 12.3. The minimum absolute atomic E-state index is 0.244. The number of furan rings is 1. The van der Waals surface area contributed by atoms with Gasteiger partial charge in [-0.2, -0.15) is 0 Å². The Labute approximate surface area is 98.1 Å². The third-order valence-electron chi connectivity index (χ3n) is 3.06. The van der Waals surface area contributed by atoms with Crippen LogP contribution in [-0.4, -0.2) is 29.2 Å². The van der Waals surface area contributed by atoms with Gasteiger partial charge in [-0.05, 0) is 38.9 Å². The number of aryl methyl sites for hydroxylation is 1. The standard InChI is InChI=1S/C13H23NO2/c1-10(2)13(4,15)9-14(5)8-12-7-6-11(3)16-12/h6-7,10,15H,8-9H2,1-5H3. The fraction of sp³-hybridized carbons (Fsp3) is 0.692. The topological polar surface area (TPSA) is 36.6 Å². The summed E-state index contributed by atoms with van der Waals surface area (Å²) in [6.45, 7) is 9.26. The molecule has 1 heterocycles. The van der Waals surface area contributed by atoms with Gasteiger partial charge in [-0.3, -0.25) is 4.90 Å². The summed E-state index contributed by atoms with van der Waals surface area (Å²) in [4.78, 5) is 2.08. The summed E-state index contributed by atoms with van der Waals surface area (Å²) in [6.07, 6.45) is 0. The van der Waals surface area contributed by atoms with Gasteiger partial charge in [0.05, 0.1) is 12.1 Å². The van der Waals surface area contributed by atoms with Gasteiger partial charge in [-0.1, -0.05) is 13.8 Å². The molecule has 1 aromatic rings. The van der Waals surface area contributed by atoms with Crippen molar-refractivity contribution in [3.05, 3.63) is 23.7 Å². The molecule has 1 rings (SSSR count). The summed E-state index contributed by atoms with van der Waals surface area (Å²) in [7, 11) is 1.99. The van der Waals surface area contributed by atoms with E-state index in [9.17, 15) is 5.11 Å². The highest BCUT2D eigenvalue weighted by Gasteiger charge is 2.26. The first-order valence-corrected chi connectivity index (χ1v) is 5.77. The number of hydrogen-bond acceptors (Lipinski definition) is 3. The fourth-order valence-electron chi connectivity index (χ4n) is 1.62. The predicted molar refractivity (Wildman–Crippen MR) is 65.2 cm³/mol. The number of hydrogen-bond donors (Lipinski definition) is 1. The quantitative estimate of drug-likeness (QED) is 0.836. The molecule has 0 bridgehead atoms. The molecule has 3 heteroatoms. The molecule has 0 aromatic carbocycles. The minimum atomic E-state index is -0.656. The van der Waals surface area contributed by atoms with E-state index in [1.54, 1.807) is 0 Å². The highest BCUT2D eigenvalue weighted by atomic mass is 16.3. The van der Waals surface area contributed by atoms with E-state index in [1.165, 1.54) is 0 Å². The lowest BCUT2D eigenvalue weighted by molar-refractivity contribution is -0.0157. The molecule has 0 saturated carbocycles. The van der Waals surface area contributed by atoms with E-state index < -0.39 is 5.60 Å². The van der Waals surface area contributed by atoms with Crippen LogP contribution in [0.1, 0.15) is 32.3 Å². The summed E-state index contributed by atoms with van der Waals surface area (Å²) in [6, 6.07) is 3.94. The van der Waals surface area contributed by atoms with Crippen LogP contribution >= 0.6 is 0 Å². The first-order chi connectivity index (χ1) is 7.31. The zero-order valence-electron chi connectivity index (χ0n) is 10.9. The first kappa shape index (κ1) is 13.3. The van der Waals surface area contributed by atoms with E-state index in [2.05, 4.69) is 4.90 Å². The molecule has 0 aliphatic carbocycles. The van der Waals surface area contributed by atoms with Gasteiger partial charge in [-0.15, -0.1) is 0 Å². The predicted octanol–water partition coefficient (Wildman–Crippen LogP) is 2.43. The minimum Gasteiger partial charge on any atom is -0.465 e. The van der Waals surface area contributed by atoms with Crippen LogP contribution in [0.25, 0.3) is 0 Å². The first-order valence-electron chi connectivity index (χ1n) is 5.77. The fourth-order valence-corrected chi connectivity index (χ4v) is 1.62. The number of likely N-dealkylation sites (N-methyl/N-ethyl adjacent to an activating group) is 1. The lowest BCUT2D eigenvalue weighted by atomic mass is 9.92. The molecule has 1 N–H and O–H groups in total. The molecule has 1 unspecified atom stereocenters. The van der Waals surface area contributed by atoms with E-state index in [0.717, 1.165) is 18.1 Å². The Kier molecular flexibility index (Phi) is 4.16. The van der Waals surface area contributed by atoms with E-state index in [1.807, 2.05) is 46.9 Å². The molecule has 3 nitrogen and oxygen atoms in total. The van der Waals surface area contributed by atoms with Crippen molar-refractivity contribution in [2.75, 3.05) is 13.6 Å². The molecule has 0 saturated heterocycles. The molecule has 1 atom stereocenters. The van der Waals surface area contributed by atoms with Crippen LogP contribution < -0.4 is 0 Å². The smallest absolute Gasteiger partial charge is 0.118 e. The second kappa shape index (κ2) is 5.02. The molecule has 0 radical (unpaired) electrons. The van der Waals surface area contributed by atoms with Crippen molar-refractivity contribution in [1.82, 2.24) is 4.90 Å². The SMILES string of the molecule is Cc1ccc(CN(C)CC(C)(O)C(C)C)o1. The van der Waals surface area contributed by atoms with E-state index in [0.29, 0.717) is 6.54 Å². The van der Waals surface area contributed by atoms with Gasteiger partial charge in [0.15, 0.2) is 0 Å². The lowest BCUT2D eigenvalue weighted by Crippen LogP contribution is -2.42. The maximum atomic E-state index is 10.2.